The van der Waals surface area contributed by atoms with Crippen LogP contribution in [0.5, 0.6) is 0 Å². The van der Waals surface area contributed by atoms with E-state index < -0.39 is 0 Å². The van der Waals surface area contributed by atoms with Gasteiger partial charge in [0.05, 0.1) is 6.33 Å². The molecule has 3 rings (SSSR count). The molecule has 0 saturated carbocycles. The van der Waals surface area contributed by atoms with Gasteiger partial charge < -0.3 is 4.98 Å². The maximum atomic E-state index is 11.8. The lowest BCUT2D eigenvalue weighted by atomic mass is 10.3. The average molecular weight is 230 g/mol. The molecule has 0 aliphatic rings. The van der Waals surface area contributed by atoms with Crippen LogP contribution in [0.3, 0.4) is 0 Å². The average Bonchev–Trinajstić information content (AvgIpc) is 2.94. The molecule has 7 nitrogen and oxygen atoms in total. The molecule has 2 N–H and O–H groups in total. The fourth-order valence-electron chi connectivity index (χ4n) is 1.70. The first-order valence-electron chi connectivity index (χ1n) is 5.25. The van der Waals surface area contributed by atoms with Crippen molar-refractivity contribution in [1.29, 1.82) is 0 Å². The van der Waals surface area contributed by atoms with Crippen molar-refractivity contribution in [2.75, 3.05) is 0 Å². The minimum absolute atomic E-state index is 0.142. The highest BCUT2D eigenvalue weighted by atomic mass is 16.1. The zero-order valence-corrected chi connectivity index (χ0v) is 9.14. The van der Waals surface area contributed by atoms with E-state index in [1.807, 2.05) is 6.92 Å². The second-order valence-corrected chi connectivity index (χ2v) is 3.61. The number of imidazole rings is 1. The summed E-state index contributed by atoms with van der Waals surface area (Å²) in [6.45, 7) is 1.97. The van der Waals surface area contributed by atoms with Crippen LogP contribution in [0.1, 0.15) is 12.6 Å². The van der Waals surface area contributed by atoms with Gasteiger partial charge in [-0.25, -0.2) is 15.0 Å². The molecule has 0 aliphatic heterocycles. The number of hydrogen-bond donors (Lipinski definition) is 2. The first-order valence-corrected chi connectivity index (χ1v) is 5.25. The molecular formula is C10H10N6O. The van der Waals surface area contributed by atoms with Gasteiger partial charge in [0.2, 0.25) is 0 Å². The first kappa shape index (κ1) is 9.76. The summed E-state index contributed by atoms with van der Waals surface area (Å²) in [6.07, 6.45) is 3.68. The predicted molar refractivity (Wildman–Crippen MR) is 61.0 cm³/mol. The van der Waals surface area contributed by atoms with E-state index in [0.717, 1.165) is 12.1 Å². The molecule has 17 heavy (non-hydrogen) atoms. The summed E-state index contributed by atoms with van der Waals surface area (Å²) in [4.78, 5) is 26.9. The zero-order valence-electron chi connectivity index (χ0n) is 9.14. The van der Waals surface area contributed by atoms with Crippen LogP contribution >= 0.6 is 0 Å². The molecule has 0 bridgehead atoms. The number of nitrogens with one attached hydrogen (secondary N) is 2. The number of aromatic amines is 2. The summed E-state index contributed by atoms with van der Waals surface area (Å²) in [5, 5.41) is 3.00. The molecule has 0 amide bonds. The van der Waals surface area contributed by atoms with Gasteiger partial charge in [-0.1, -0.05) is 6.92 Å². The number of nitrogens with zero attached hydrogens (tertiary/aromatic N) is 4. The molecule has 0 aromatic carbocycles. The summed E-state index contributed by atoms with van der Waals surface area (Å²) in [5.41, 5.74) is 1.89. The van der Waals surface area contributed by atoms with Crippen LogP contribution < -0.4 is 5.56 Å². The summed E-state index contributed by atoms with van der Waals surface area (Å²) in [5.74, 6) is 0.484. The lowest BCUT2D eigenvalue weighted by Crippen LogP contribution is -2.15. The molecule has 0 unspecified atom stereocenters. The molecule has 0 spiro atoms. The Labute approximate surface area is 95.5 Å². The Bertz CT molecular complexity index is 722. The minimum atomic E-state index is -0.142. The van der Waals surface area contributed by atoms with Crippen molar-refractivity contribution < 1.29 is 0 Å². The molecule has 0 radical (unpaired) electrons. The number of rotatable bonds is 2. The van der Waals surface area contributed by atoms with Crippen LogP contribution in [0.4, 0.5) is 0 Å². The Morgan fingerprint density at radius 3 is 3.00 bits per heavy atom. The van der Waals surface area contributed by atoms with Gasteiger partial charge >= 0.3 is 0 Å². The van der Waals surface area contributed by atoms with Gasteiger partial charge in [0.1, 0.15) is 11.8 Å². The first-order chi connectivity index (χ1) is 8.29. The summed E-state index contributed by atoms with van der Waals surface area (Å²) >= 11 is 0. The van der Waals surface area contributed by atoms with E-state index >= 15 is 0 Å². The van der Waals surface area contributed by atoms with E-state index in [1.54, 1.807) is 6.07 Å². The Balaban J connectivity index is 2.30. The van der Waals surface area contributed by atoms with Gasteiger partial charge in [0.25, 0.3) is 5.56 Å². The lowest BCUT2D eigenvalue weighted by Gasteiger charge is -2.00. The van der Waals surface area contributed by atoms with Gasteiger partial charge in [-0.3, -0.25) is 9.89 Å². The molecule has 3 aromatic rings. The normalized spacial score (nSPS) is 11.1. The fourth-order valence-corrected chi connectivity index (χ4v) is 1.70. The van der Waals surface area contributed by atoms with Crippen molar-refractivity contribution in [3.05, 3.63) is 34.8 Å². The minimum Gasteiger partial charge on any atom is -0.340 e. The highest BCUT2D eigenvalue weighted by molar-refractivity contribution is 5.77. The molecule has 0 atom stereocenters. The van der Waals surface area contributed by atoms with Crippen LogP contribution in [0.25, 0.3) is 17.0 Å². The molecule has 0 saturated heterocycles. The second-order valence-electron chi connectivity index (χ2n) is 3.61. The van der Waals surface area contributed by atoms with Crippen molar-refractivity contribution in [3.63, 3.8) is 0 Å². The lowest BCUT2D eigenvalue weighted by molar-refractivity contribution is 0.796. The van der Waals surface area contributed by atoms with E-state index in [4.69, 9.17) is 0 Å². The van der Waals surface area contributed by atoms with Gasteiger partial charge in [-0.05, 0) is 6.42 Å². The van der Waals surface area contributed by atoms with Gasteiger partial charge in [-0.15, -0.1) is 0 Å². The Hall–Kier alpha value is -2.44. The smallest absolute Gasteiger partial charge is 0.272 e. The number of hydrogen-bond acceptors (Lipinski definition) is 4. The molecule has 7 heteroatoms. The van der Waals surface area contributed by atoms with Crippen LogP contribution in [0.2, 0.25) is 0 Å². The van der Waals surface area contributed by atoms with E-state index in [2.05, 4.69) is 25.0 Å². The molecule has 3 heterocycles. The largest absolute Gasteiger partial charge is 0.340 e. The van der Waals surface area contributed by atoms with Gasteiger partial charge in [0, 0.05) is 11.8 Å². The van der Waals surface area contributed by atoms with Crippen molar-refractivity contribution in [2.45, 2.75) is 13.3 Å². The van der Waals surface area contributed by atoms with Crippen molar-refractivity contribution in [2.24, 2.45) is 0 Å². The van der Waals surface area contributed by atoms with Crippen molar-refractivity contribution >= 4 is 11.2 Å². The van der Waals surface area contributed by atoms with E-state index in [9.17, 15) is 4.79 Å². The number of aryl methyl sites for hydroxylation is 1. The Kier molecular flexibility index (Phi) is 2.04. The van der Waals surface area contributed by atoms with Crippen LogP contribution in [0.15, 0.2) is 23.5 Å². The third-order valence-electron chi connectivity index (χ3n) is 2.57. The van der Waals surface area contributed by atoms with Gasteiger partial charge in [0.15, 0.2) is 11.5 Å². The molecular weight excluding hydrogens is 220 g/mol. The predicted octanol–water partition coefficient (Wildman–Crippen LogP) is 0.394. The number of aromatic nitrogens is 6. The number of fused-ring (bicyclic) bond motifs is 1. The van der Waals surface area contributed by atoms with E-state index in [1.165, 1.54) is 17.3 Å². The highest BCUT2D eigenvalue weighted by Gasteiger charge is 2.11. The maximum Gasteiger partial charge on any atom is 0.272 e. The van der Waals surface area contributed by atoms with Crippen molar-refractivity contribution in [3.8, 4) is 5.82 Å². The fraction of sp³-hybridized carbons (Fsp3) is 0.200. The van der Waals surface area contributed by atoms with E-state index in [0.29, 0.717) is 17.0 Å². The third-order valence-corrected chi connectivity index (χ3v) is 2.57. The quantitative estimate of drug-likeness (QED) is 0.666. The van der Waals surface area contributed by atoms with E-state index in [-0.39, 0.29) is 5.56 Å². The Morgan fingerprint density at radius 2 is 2.24 bits per heavy atom. The Morgan fingerprint density at radius 1 is 1.35 bits per heavy atom. The van der Waals surface area contributed by atoms with Crippen LogP contribution in [-0.4, -0.2) is 29.7 Å². The summed E-state index contributed by atoms with van der Waals surface area (Å²) in [6, 6.07) is 1.56. The molecule has 3 aromatic heterocycles. The molecule has 0 aliphatic carbocycles. The van der Waals surface area contributed by atoms with Crippen LogP contribution in [0, 0.1) is 0 Å². The zero-order chi connectivity index (χ0) is 11.8. The summed E-state index contributed by atoms with van der Waals surface area (Å²) in [7, 11) is 0. The summed E-state index contributed by atoms with van der Waals surface area (Å²) < 4.78 is 1.39. The standard InChI is InChI=1S/C10H10N6O/c1-2-6-3-7(17)16(15-6)10-8-9(12-4-11-8)13-5-14-10/h3-5,15H,2H2,1H3,(H,11,12,13,14). The highest BCUT2D eigenvalue weighted by Crippen LogP contribution is 2.11. The van der Waals surface area contributed by atoms with Gasteiger partial charge in [-0.2, -0.15) is 4.68 Å². The third kappa shape index (κ3) is 1.43. The topological polar surface area (TPSA) is 92.2 Å². The molecule has 86 valence electrons. The second kappa shape index (κ2) is 3.55. The monoisotopic (exact) mass is 230 g/mol. The molecule has 0 fully saturated rings. The maximum absolute atomic E-state index is 11.8. The van der Waals surface area contributed by atoms with Crippen LogP contribution in [-0.2, 0) is 6.42 Å². The van der Waals surface area contributed by atoms with Crippen molar-refractivity contribution in [1.82, 2.24) is 29.7 Å². The number of H-pyrrole nitrogens is 2. The SMILES string of the molecule is CCc1cc(=O)n(-c2ncnc3nc[nH]c23)[nH]1.